The topological polar surface area (TPSA) is 83.8 Å². The minimum Gasteiger partial charge on any atom is -0.467 e. The van der Waals surface area contributed by atoms with E-state index < -0.39 is 0 Å². The van der Waals surface area contributed by atoms with Crippen molar-refractivity contribution >= 4 is 17.5 Å². The molecule has 2 N–H and O–H groups in total. The summed E-state index contributed by atoms with van der Waals surface area (Å²) in [6.07, 6.45) is 1.56. The number of amides is 2. The first-order chi connectivity index (χ1) is 12.2. The number of rotatable bonds is 6. The molecule has 25 heavy (non-hydrogen) atoms. The maximum absolute atomic E-state index is 12.7. The average molecular weight is 343 g/mol. The maximum Gasteiger partial charge on any atom is 0.256 e. The number of nitrogens with zero attached hydrogens (tertiary/aromatic N) is 1. The van der Waals surface area contributed by atoms with Crippen molar-refractivity contribution < 1.29 is 18.7 Å². The first kappa shape index (κ1) is 17.0. The molecule has 0 unspecified atom stereocenters. The highest BCUT2D eigenvalue weighted by Gasteiger charge is 2.20. The van der Waals surface area contributed by atoms with Crippen LogP contribution >= 0.6 is 0 Å². The van der Waals surface area contributed by atoms with Crippen LogP contribution in [-0.2, 0) is 16.1 Å². The Kier molecular flexibility index (Phi) is 5.69. The summed E-state index contributed by atoms with van der Waals surface area (Å²) in [7, 11) is 0. The summed E-state index contributed by atoms with van der Waals surface area (Å²) in [4.78, 5) is 26.4. The minimum absolute atomic E-state index is 0.0533. The Bertz CT molecular complexity index is 709. The standard InChI is InChI=1S/C18H21N3O4/c22-17(20-12-14-4-3-9-25-14)13-19-16-6-2-1-5-15(16)18(23)21-7-10-24-11-8-21/h1-6,9,19H,7-8,10-13H2,(H,20,22). The molecule has 7 nitrogen and oxygen atoms in total. The Morgan fingerprint density at radius 3 is 2.64 bits per heavy atom. The number of para-hydroxylation sites is 1. The van der Waals surface area contributed by atoms with E-state index >= 15 is 0 Å². The monoisotopic (exact) mass is 343 g/mol. The highest BCUT2D eigenvalue weighted by molar-refractivity contribution is 6.00. The predicted molar refractivity (Wildman–Crippen MR) is 92.2 cm³/mol. The van der Waals surface area contributed by atoms with Crippen LogP contribution < -0.4 is 10.6 Å². The van der Waals surface area contributed by atoms with Crippen molar-refractivity contribution in [2.45, 2.75) is 6.54 Å². The SMILES string of the molecule is O=C(CNc1ccccc1C(=O)N1CCOCC1)NCc1ccco1. The molecule has 0 radical (unpaired) electrons. The molecule has 1 fully saturated rings. The van der Waals surface area contributed by atoms with Gasteiger partial charge in [0.2, 0.25) is 5.91 Å². The van der Waals surface area contributed by atoms with Gasteiger partial charge in [-0.25, -0.2) is 0 Å². The Balaban J connectivity index is 1.56. The van der Waals surface area contributed by atoms with Gasteiger partial charge >= 0.3 is 0 Å². The van der Waals surface area contributed by atoms with E-state index in [9.17, 15) is 9.59 Å². The quantitative estimate of drug-likeness (QED) is 0.830. The number of hydrogen-bond donors (Lipinski definition) is 2. The van der Waals surface area contributed by atoms with Crippen LogP contribution in [0.2, 0.25) is 0 Å². The lowest BCUT2D eigenvalue weighted by Gasteiger charge is -2.27. The van der Waals surface area contributed by atoms with E-state index in [1.165, 1.54) is 0 Å². The van der Waals surface area contributed by atoms with Gasteiger partial charge in [0, 0.05) is 18.8 Å². The van der Waals surface area contributed by atoms with E-state index in [0.717, 1.165) is 0 Å². The van der Waals surface area contributed by atoms with Crippen molar-refractivity contribution in [2.75, 3.05) is 38.2 Å². The van der Waals surface area contributed by atoms with E-state index in [0.29, 0.717) is 49.9 Å². The molecule has 3 rings (SSSR count). The summed E-state index contributed by atoms with van der Waals surface area (Å²) in [5.41, 5.74) is 1.20. The molecule has 0 saturated carbocycles. The normalized spacial score (nSPS) is 14.2. The summed E-state index contributed by atoms with van der Waals surface area (Å²) < 4.78 is 10.5. The van der Waals surface area contributed by atoms with Crippen LogP contribution in [0.25, 0.3) is 0 Å². The molecule has 2 aromatic rings. The molecule has 0 atom stereocenters. The molecule has 2 amide bonds. The smallest absolute Gasteiger partial charge is 0.256 e. The zero-order chi connectivity index (χ0) is 17.5. The third kappa shape index (κ3) is 4.60. The lowest BCUT2D eigenvalue weighted by molar-refractivity contribution is -0.119. The molecule has 1 aromatic carbocycles. The fraction of sp³-hybridized carbons (Fsp3) is 0.333. The second-order valence-electron chi connectivity index (χ2n) is 5.66. The van der Waals surface area contributed by atoms with Crippen LogP contribution in [0.4, 0.5) is 5.69 Å². The van der Waals surface area contributed by atoms with Gasteiger partial charge < -0.3 is 24.7 Å². The molecular weight excluding hydrogens is 322 g/mol. The minimum atomic E-state index is -0.176. The molecule has 0 aliphatic carbocycles. The lowest BCUT2D eigenvalue weighted by atomic mass is 10.1. The van der Waals surface area contributed by atoms with Gasteiger partial charge in [-0.2, -0.15) is 0 Å². The Morgan fingerprint density at radius 1 is 1.08 bits per heavy atom. The average Bonchev–Trinajstić information content (AvgIpc) is 3.19. The van der Waals surface area contributed by atoms with Gasteiger partial charge in [-0.3, -0.25) is 9.59 Å². The molecule has 1 aromatic heterocycles. The Labute approximate surface area is 145 Å². The van der Waals surface area contributed by atoms with Gasteiger partial charge in [0.05, 0.1) is 38.1 Å². The molecule has 1 saturated heterocycles. The number of benzene rings is 1. The zero-order valence-electron chi connectivity index (χ0n) is 13.9. The fourth-order valence-corrected chi connectivity index (χ4v) is 2.60. The fourth-order valence-electron chi connectivity index (χ4n) is 2.60. The number of nitrogens with one attached hydrogen (secondary N) is 2. The lowest BCUT2D eigenvalue weighted by Crippen LogP contribution is -2.41. The highest BCUT2D eigenvalue weighted by atomic mass is 16.5. The number of morpholine rings is 1. The van der Waals surface area contributed by atoms with E-state index in [1.807, 2.05) is 12.1 Å². The van der Waals surface area contributed by atoms with Crippen LogP contribution in [-0.4, -0.2) is 49.6 Å². The number of carbonyl (C=O) groups is 2. The number of ether oxygens (including phenoxy) is 1. The van der Waals surface area contributed by atoms with E-state index in [1.54, 1.807) is 35.4 Å². The largest absolute Gasteiger partial charge is 0.467 e. The zero-order valence-corrected chi connectivity index (χ0v) is 13.9. The van der Waals surface area contributed by atoms with Crippen LogP contribution in [0, 0.1) is 0 Å². The maximum atomic E-state index is 12.7. The van der Waals surface area contributed by atoms with Gasteiger partial charge in [-0.05, 0) is 24.3 Å². The predicted octanol–water partition coefficient (Wildman–Crippen LogP) is 1.48. The van der Waals surface area contributed by atoms with Gasteiger partial charge in [0.15, 0.2) is 0 Å². The molecule has 132 valence electrons. The molecule has 1 aliphatic heterocycles. The molecule has 0 bridgehead atoms. The van der Waals surface area contributed by atoms with Crippen LogP contribution in [0.15, 0.2) is 47.1 Å². The molecule has 7 heteroatoms. The Hall–Kier alpha value is -2.80. The van der Waals surface area contributed by atoms with E-state index in [2.05, 4.69) is 10.6 Å². The van der Waals surface area contributed by atoms with Crippen molar-refractivity contribution in [2.24, 2.45) is 0 Å². The summed E-state index contributed by atoms with van der Waals surface area (Å²) in [5, 5.41) is 5.80. The highest BCUT2D eigenvalue weighted by Crippen LogP contribution is 2.17. The van der Waals surface area contributed by atoms with Crippen LogP contribution in [0.1, 0.15) is 16.1 Å². The molecular formula is C18H21N3O4. The van der Waals surface area contributed by atoms with Gasteiger partial charge in [-0.1, -0.05) is 12.1 Å². The summed E-state index contributed by atoms with van der Waals surface area (Å²) >= 11 is 0. The van der Waals surface area contributed by atoms with Crippen molar-refractivity contribution in [1.82, 2.24) is 10.2 Å². The van der Waals surface area contributed by atoms with Crippen molar-refractivity contribution in [3.63, 3.8) is 0 Å². The summed E-state index contributed by atoms with van der Waals surface area (Å²) in [5.74, 6) is 0.462. The van der Waals surface area contributed by atoms with Crippen LogP contribution in [0.5, 0.6) is 0 Å². The van der Waals surface area contributed by atoms with Gasteiger partial charge in [0.25, 0.3) is 5.91 Å². The van der Waals surface area contributed by atoms with E-state index in [4.69, 9.17) is 9.15 Å². The summed E-state index contributed by atoms with van der Waals surface area (Å²) in [6.45, 7) is 2.68. The van der Waals surface area contributed by atoms with Gasteiger partial charge in [0.1, 0.15) is 5.76 Å². The third-order valence-electron chi connectivity index (χ3n) is 3.94. The molecule has 0 spiro atoms. The first-order valence-electron chi connectivity index (χ1n) is 8.23. The van der Waals surface area contributed by atoms with Crippen LogP contribution in [0.3, 0.4) is 0 Å². The second-order valence-corrected chi connectivity index (χ2v) is 5.66. The number of carbonyl (C=O) groups excluding carboxylic acids is 2. The number of hydrogen-bond acceptors (Lipinski definition) is 5. The number of anilines is 1. The second kappa shape index (κ2) is 8.34. The van der Waals surface area contributed by atoms with E-state index in [-0.39, 0.29) is 18.4 Å². The van der Waals surface area contributed by atoms with Crippen molar-refractivity contribution in [3.8, 4) is 0 Å². The number of furan rings is 1. The third-order valence-corrected chi connectivity index (χ3v) is 3.94. The molecule has 1 aliphatic rings. The van der Waals surface area contributed by atoms with Crippen molar-refractivity contribution in [3.05, 3.63) is 54.0 Å². The Morgan fingerprint density at radius 2 is 1.88 bits per heavy atom. The van der Waals surface area contributed by atoms with Crippen molar-refractivity contribution in [1.29, 1.82) is 0 Å². The first-order valence-corrected chi connectivity index (χ1v) is 8.23. The summed E-state index contributed by atoms with van der Waals surface area (Å²) in [6, 6.07) is 10.8. The molecule has 2 heterocycles. The van der Waals surface area contributed by atoms with Gasteiger partial charge in [-0.15, -0.1) is 0 Å².